The molecule has 1 saturated heterocycles. The van der Waals surface area contributed by atoms with Gasteiger partial charge in [-0.1, -0.05) is 18.2 Å². The SMILES string of the molecule is Cc1ccccc1NS(=O)(=O)[C@H]1CCS(=O)(=O)C1. The van der Waals surface area contributed by atoms with Gasteiger partial charge >= 0.3 is 0 Å². The van der Waals surface area contributed by atoms with Gasteiger partial charge in [-0.2, -0.15) is 0 Å². The third kappa shape index (κ3) is 2.84. The highest BCUT2D eigenvalue weighted by Gasteiger charge is 2.37. The van der Waals surface area contributed by atoms with Gasteiger partial charge in [0.1, 0.15) is 0 Å². The summed E-state index contributed by atoms with van der Waals surface area (Å²) >= 11 is 0. The number of sulfone groups is 1. The van der Waals surface area contributed by atoms with E-state index in [2.05, 4.69) is 4.72 Å². The van der Waals surface area contributed by atoms with E-state index in [1.165, 1.54) is 0 Å². The van der Waals surface area contributed by atoms with Gasteiger partial charge in [-0.05, 0) is 25.0 Å². The number of hydrogen-bond acceptors (Lipinski definition) is 4. The van der Waals surface area contributed by atoms with Crippen LogP contribution < -0.4 is 4.72 Å². The van der Waals surface area contributed by atoms with E-state index in [9.17, 15) is 16.8 Å². The first-order chi connectivity index (χ1) is 8.30. The van der Waals surface area contributed by atoms with Crippen LogP contribution in [0.1, 0.15) is 12.0 Å². The second-order valence-corrected chi connectivity index (χ2v) is 8.68. The van der Waals surface area contributed by atoms with E-state index in [0.29, 0.717) is 5.69 Å². The first-order valence-electron chi connectivity index (χ1n) is 5.58. The Morgan fingerprint density at radius 3 is 2.50 bits per heavy atom. The normalized spacial score (nSPS) is 22.8. The van der Waals surface area contributed by atoms with Crippen LogP contribution in [0.25, 0.3) is 0 Å². The van der Waals surface area contributed by atoms with Crippen LogP contribution in [-0.4, -0.2) is 33.6 Å². The first kappa shape index (κ1) is 13.4. The van der Waals surface area contributed by atoms with Crippen LogP contribution >= 0.6 is 0 Å². The van der Waals surface area contributed by atoms with E-state index < -0.39 is 25.1 Å². The van der Waals surface area contributed by atoms with Crippen molar-refractivity contribution in [3.8, 4) is 0 Å². The largest absolute Gasteiger partial charge is 0.283 e. The molecule has 0 unspecified atom stereocenters. The van der Waals surface area contributed by atoms with E-state index in [0.717, 1.165) is 5.56 Å². The fourth-order valence-electron chi connectivity index (χ4n) is 1.93. The molecule has 1 aromatic carbocycles. The quantitative estimate of drug-likeness (QED) is 0.897. The van der Waals surface area contributed by atoms with Gasteiger partial charge in [-0.15, -0.1) is 0 Å². The van der Waals surface area contributed by atoms with Gasteiger partial charge in [0.05, 0.1) is 22.4 Å². The standard InChI is InChI=1S/C11H15NO4S2/c1-9-4-2-3-5-11(9)12-18(15,16)10-6-7-17(13,14)8-10/h2-5,10,12H,6-8H2,1H3/t10-/m0/s1. The summed E-state index contributed by atoms with van der Waals surface area (Å²) in [6.07, 6.45) is 0.170. The molecule has 0 bridgehead atoms. The molecule has 1 aliphatic heterocycles. The summed E-state index contributed by atoms with van der Waals surface area (Å²) in [6, 6.07) is 7.00. The molecule has 0 aromatic heterocycles. The maximum Gasteiger partial charge on any atom is 0.236 e. The number of anilines is 1. The predicted molar refractivity (Wildman–Crippen MR) is 70.8 cm³/mol. The summed E-state index contributed by atoms with van der Waals surface area (Å²) in [5.74, 6) is -0.333. The fraction of sp³-hybridized carbons (Fsp3) is 0.455. The smallest absolute Gasteiger partial charge is 0.236 e. The maximum atomic E-state index is 12.1. The predicted octanol–water partition coefficient (Wildman–Crippen LogP) is 0.924. The lowest BCUT2D eigenvalue weighted by Gasteiger charge is -2.14. The summed E-state index contributed by atoms with van der Waals surface area (Å²) in [4.78, 5) is 0. The number of para-hydroxylation sites is 1. The molecule has 0 aliphatic carbocycles. The number of benzene rings is 1. The molecule has 1 fully saturated rings. The molecule has 1 aliphatic rings. The van der Waals surface area contributed by atoms with E-state index in [1.807, 2.05) is 6.07 Å². The van der Waals surface area contributed by atoms with Crippen LogP contribution in [0.2, 0.25) is 0 Å². The Balaban J connectivity index is 2.21. The third-order valence-corrected chi connectivity index (χ3v) is 6.79. The van der Waals surface area contributed by atoms with E-state index in [1.54, 1.807) is 25.1 Å². The zero-order chi connectivity index (χ0) is 13.4. The van der Waals surface area contributed by atoms with Crippen LogP contribution in [0.4, 0.5) is 5.69 Å². The van der Waals surface area contributed by atoms with Gasteiger partial charge in [0.25, 0.3) is 0 Å². The number of hydrogen-bond donors (Lipinski definition) is 1. The molecule has 2 rings (SSSR count). The molecule has 0 spiro atoms. The monoisotopic (exact) mass is 289 g/mol. The Labute approximate surface area is 107 Å². The molecule has 7 heteroatoms. The van der Waals surface area contributed by atoms with Crippen molar-refractivity contribution in [1.29, 1.82) is 0 Å². The van der Waals surface area contributed by atoms with Crippen LogP contribution in [0.15, 0.2) is 24.3 Å². The summed E-state index contributed by atoms with van der Waals surface area (Å²) in [7, 11) is -6.84. The van der Waals surface area contributed by atoms with Crippen molar-refractivity contribution < 1.29 is 16.8 Å². The van der Waals surface area contributed by atoms with E-state index in [4.69, 9.17) is 0 Å². The van der Waals surface area contributed by atoms with Crippen molar-refractivity contribution in [2.45, 2.75) is 18.6 Å². The highest BCUT2D eigenvalue weighted by atomic mass is 32.2. The summed E-state index contributed by atoms with van der Waals surface area (Å²) in [6.45, 7) is 1.79. The molecular formula is C11H15NO4S2. The summed E-state index contributed by atoms with van der Waals surface area (Å²) in [5.41, 5.74) is 1.31. The second-order valence-electron chi connectivity index (χ2n) is 4.49. The third-order valence-electron chi connectivity index (χ3n) is 3.03. The molecular weight excluding hydrogens is 274 g/mol. The molecule has 1 aromatic rings. The molecule has 1 atom stereocenters. The van der Waals surface area contributed by atoms with E-state index in [-0.39, 0.29) is 17.9 Å². The molecule has 0 radical (unpaired) electrons. The Morgan fingerprint density at radius 2 is 1.94 bits per heavy atom. The number of sulfonamides is 1. The maximum absolute atomic E-state index is 12.1. The molecule has 0 amide bonds. The van der Waals surface area contributed by atoms with E-state index >= 15 is 0 Å². The van der Waals surface area contributed by atoms with Crippen molar-refractivity contribution >= 4 is 25.5 Å². The van der Waals surface area contributed by atoms with Gasteiger partial charge in [-0.3, -0.25) is 4.72 Å². The molecule has 18 heavy (non-hydrogen) atoms. The Kier molecular flexibility index (Phi) is 3.37. The van der Waals surface area contributed by atoms with Gasteiger partial charge in [0.15, 0.2) is 9.84 Å². The summed E-state index contributed by atoms with van der Waals surface area (Å²) in [5, 5.41) is -0.845. The molecule has 100 valence electrons. The van der Waals surface area contributed by atoms with Gasteiger partial charge in [0.2, 0.25) is 10.0 Å². The molecule has 0 saturated carbocycles. The average Bonchev–Trinajstić information content (AvgIpc) is 2.63. The minimum absolute atomic E-state index is 0.0493. The van der Waals surface area contributed by atoms with Gasteiger partial charge in [0, 0.05) is 0 Å². The Bertz CT molecular complexity index is 649. The fourth-order valence-corrected chi connectivity index (χ4v) is 6.09. The second kappa shape index (κ2) is 4.55. The van der Waals surface area contributed by atoms with Gasteiger partial charge < -0.3 is 0 Å². The number of aryl methyl sites for hydroxylation is 1. The van der Waals surface area contributed by atoms with Crippen LogP contribution in [0, 0.1) is 6.92 Å². The Hall–Kier alpha value is -1.08. The topological polar surface area (TPSA) is 80.3 Å². The van der Waals surface area contributed by atoms with Crippen LogP contribution in [0.3, 0.4) is 0 Å². The van der Waals surface area contributed by atoms with Crippen molar-refractivity contribution in [3.05, 3.63) is 29.8 Å². The minimum atomic E-state index is -3.64. The minimum Gasteiger partial charge on any atom is -0.283 e. The lowest BCUT2D eigenvalue weighted by molar-refractivity contribution is 0.587. The van der Waals surface area contributed by atoms with Crippen LogP contribution in [0.5, 0.6) is 0 Å². The lowest BCUT2D eigenvalue weighted by Crippen LogP contribution is -2.29. The summed E-state index contributed by atoms with van der Waals surface area (Å²) < 4.78 is 49.2. The van der Waals surface area contributed by atoms with Crippen molar-refractivity contribution in [1.82, 2.24) is 0 Å². The van der Waals surface area contributed by atoms with Gasteiger partial charge in [-0.25, -0.2) is 16.8 Å². The number of rotatable bonds is 3. The van der Waals surface area contributed by atoms with Crippen LogP contribution in [-0.2, 0) is 19.9 Å². The van der Waals surface area contributed by atoms with Crippen molar-refractivity contribution in [2.75, 3.05) is 16.2 Å². The average molecular weight is 289 g/mol. The van der Waals surface area contributed by atoms with Crippen molar-refractivity contribution in [2.24, 2.45) is 0 Å². The highest BCUT2D eigenvalue weighted by Crippen LogP contribution is 2.22. The van der Waals surface area contributed by atoms with Crippen molar-refractivity contribution in [3.63, 3.8) is 0 Å². The zero-order valence-electron chi connectivity index (χ0n) is 9.96. The molecule has 5 nitrogen and oxygen atoms in total. The lowest BCUT2D eigenvalue weighted by atomic mass is 10.2. The zero-order valence-corrected chi connectivity index (χ0v) is 11.6. The Morgan fingerprint density at radius 1 is 1.28 bits per heavy atom. The molecule has 1 N–H and O–H groups in total. The number of nitrogens with one attached hydrogen (secondary N) is 1. The highest BCUT2D eigenvalue weighted by molar-refractivity contribution is 7.97. The molecule has 1 heterocycles. The first-order valence-corrected chi connectivity index (χ1v) is 8.95.